The van der Waals surface area contributed by atoms with E-state index in [9.17, 15) is 14.7 Å². The van der Waals surface area contributed by atoms with Crippen LogP contribution in [0, 0.1) is 6.92 Å². The number of halogens is 1. The largest absolute Gasteiger partial charge is 0.507 e. The van der Waals surface area contributed by atoms with Crippen LogP contribution in [0.25, 0.3) is 16.0 Å². The summed E-state index contributed by atoms with van der Waals surface area (Å²) in [5.41, 5.74) is 4.04. The zero-order valence-electron chi connectivity index (χ0n) is 19.3. The molecule has 0 saturated carbocycles. The van der Waals surface area contributed by atoms with E-state index in [0.29, 0.717) is 16.3 Å². The van der Waals surface area contributed by atoms with Gasteiger partial charge < -0.3 is 10.0 Å². The Labute approximate surface area is 215 Å². The molecule has 0 spiro atoms. The highest BCUT2D eigenvalue weighted by atomic mass is 79.9. The second-order valence-corrected chi connectivity index (χ2v) is 10.6. The SMILES string of the molecule is Cc1ccc2nc(N3C(=O)C(=O)/C(=C(/O)c4ccc(Br)cc4)C3c3ccc(N(C)C)cc3)sc2c1. The molecule has 1 saturated heterocycles. The zero-order valence-corrected chi connectivity index (χ0v) is 21.7. The molecule has 5 rings (SSSR count). The van der Waals surface area contributed by atoms with Crippen LogP contribution >= 0.6 is 27.3 Å². The predicted molar refractivity (Wildman–Crippen MR) is 144 cm³/mol. The Bertz CT molecular complexity index is 1490. The number of anilines is 2. The summed E-state index contributed by atoms with van der Waals surface area (Å²) in [6.07, 6.45) is 0. The Morgan fingerprint density at radius 2 is 1.71 bits per heavy atom. The number of hydrogen-bond donors (Lipinski definition) is 1. The van der Waals surface area contributed by atoms with E-state index >= 15 is 0 Å². The molecule has 1 N–H and O–H groups in total. The average Bonchev–Trinajstić information content (AvgIpc) is 3.37. The van der Waals surface area contributed by atoms with E-state index in [1.807, 2.05) is 68.4 Å². The second kappa shape index (κ2) is 8.94. The van der Waals surface area contributed by atoms with Crippen molar-refractivity contribution in [2.45, 2.75) is 13.0 Å². The molecule has 3 aromatic carbocycles. The lowest BCUT2D eigenvalue weighted by Crippen LogP contribution is -2.29. The van der Waals surface area contributed by atoms with Gasteiger partial charge in [-0.25, -0.2) is 4.98 Å². The van der Waals surface area contributed by atoms with E-state index in [-0.39, 0.29) is 11.3 Å². The van der Waals surface area contributed by atoms with Gasteiger partial charge in [-0.1, -0.05) is 57.6 Å². The van der Waals surface area contributed by atoms with E-state index in [0.717, 1.165) is 25.9 Å². The fraction of sp³-hybridized carbons (Fsp3) is 0.148. The maximum atomic E-state index is 13.4. The highest BCUT2D eigenvalue weighted by molar-refractivity contribution is 9.10. The summed E-state index contributed by atoms with van der Waals surface area (Å²) in [4.78, 5) is 34.8. The van der Waals surface area contributed by atoms with E-state index in [1.165, 1.54) is 16.2 Å². The maximum absolute atomic E-state index is 13.4. The standard InChI is InChI=1S/C27H22BrN3O3S/c1-15-4-13-20-21(14-15)35-27(29-20)31-23(16-7-11-19(12-8-16)30(2)3)22(25(33)26(31)34)24(32)17-5-9-18(28)10-6-17/h4-14,23,32H,1-3H3/b24-22+. The smallest absolute Gasteiger partial charge is 0.301 e. The first-order valence-corrected chi connectivity index (χ1v) is 12.6. The van der Waals surface area contributed by atoms with Crippen LogP contribution in [0.3, 0.4) is 0 Å². The molecule has 0 aliphatic carbocycles. The molecular formula is C27H22BrN3O3S. The molecule has 0 radical (unpaired) electrons. The van der Waals surface area contributed by atoms with Crippen LogP contribution in [0.4, 0.5) is 10.8 Å². The van der Waals surface area contributed by atoms with Crippen LogP contribution in [0.1, 0.15) is 22.7 Å². The van der Waals surface area contributed by atoms with Gasteiger partial charge in [0, 0.05) is 29.8 Å². The summed E-state index contributed by atoms with van der Waals surface area (Å²) in [7, 11) is 3.88. The summed E-state index contributed by atoms with van der Waals surface area (Å²) >= 11 is 4.75. The van der Waals surface area contributed by atoms with E-state index in [1.54, 1.807) is 24.3 Å². The number of aliphatic hydroxyl groups excluding tert-OH is 1. The van der Waals surface area contributed by atoms with Crippen molar-refractivity contribution in [1.29, 1.82) is 0 Å². The summed E-state index contributed by atoms with van der Waals surface area (Å²) < 4.78 is 1.77. The highest BCUT2D eigenvalue weighted by Crippen LogP contribution is 2.44. The maximum Gasteiger partial charge on any atom is 0.301 e. The quantitative estimate of drug-likeness (QED) is 0.191. The Balaban J connectivity index is 1.71. The lowest BCUT2D eigenvalue weighted by molar-refractivity contribution is -0.132. The molecule has 1 unspecified atom stereocenters. The number of aliphatic hydroxyl groups is 1. The van der Waals surface area contributed by atoms with Crippen molar-refractivity contribution in [2.24, 2.45) is 0 Å². The van der Waals surface area contributed by atoms with Gasteiger partial charge in [-0.2, -0.15) is 0 Å². The third-order valence-electron chi connectivity index (χ3n) is 6.03. The molecule has 1 aliphatic rings. The van der Waals surface area contributed by atoms with Gasteiger partial charge in [0.25, 0.3) is 5.78 Å². The van der Waals surface area contributed by atoms with E-state index in [4.69, 9.17) is 0 Å². The normalized spacial score (nSPS) is 17.4. The van der Waals surface area contributed by atoms with Gasteiger partial charge in [0.2, 0.25) is 0 Å². The molecule has 1 atom stereocenters. The Hall–Kier alpha value is -3.49. The van der Waals surface area contributed by atoms with Crippen molar-refractivity contribution in [2.75, 3.05) is 23.9 Å². The summed E-state index contributed by atoms with van der Waals surface area (Å²) in [6, 6.07) is 19.7. The Morgan fingerprint density at radius 1 is 1.03 bits per heavy atom. The summed E-state index contributed by atoms with van der Waals surface area (Å²) in [6.45, 7) is 2.00. The first-order valence-electron chi connectivity index (χ1n) is 11.0. The third kappa shape index (κ3) is 4.13. The Kier molecular flexibility index (Phi) is 5.94. The van der Waals surface area contributed by atoms with E-state index in [2.05, 4.69) is 20.9 Å². The number of carbonyl (C=O) groups excluding carboxylic acids is 2. The molecule has 6 nitrogen and oxygen atoms in total. The van der Waals surface area contributed by atoms with Crippen LogP contribution in [-0.4, -0.2) is 35.9 Å². The zero-order chi connectivity index (χ0) is 24.9. The molecule has 2 heterocycles. The van der Waals surface area contributed by atoms with Crippen LogP contribution < -0.4 is 9.80 Å². The number of ketones is 1. The molecule has 1 aliphatic heterocycles. The predicted octanol–water partition coefficient (Wildman–Crippen LogP) is 6.06. The number of carbonyl (C=O) groups is 2. The molecule has 1 fully saturated rings. The molecule has 8 heteroatoms. The monoisotopic (exact) mass is 547 g/mol. The number of fused-ring (bicyclic) bond motifs is 1. The van der Waals surface area contributed by atoms with Gasteiger partial charge in [-0.15, -0.1) is 0 Å². The van der Waals surface area contributed by atoms with Gasteiger partial charge in [-0.3, -0.25) is 14.5 Å². The van der Waals surface area contributed by atoms with Crippen molar-refractivity contribution in [1.82, 2.24) is 4.98 Å². The molecule has 1 aromatic heterocycles. The number of benzene rings is 3. The summed E-state index contributed by atoms with van der Waals surface area (Å²) in [5, 5.41) is 11.7. The molecule has 4 aromatic rings. The van der Waals surface area contributed by atoms with Gasteiger partial charge in [-0.05, 0) is 54.4 Å². The van der Waals surface area contributed by atoms with Gasteiger partial charge >= 0.3 is 5.91 Å². The van der Waals surface area contributed by atoms with Gasteiger partial charge in [0.05, 0.1) is 21.8 Å². The third-order valence-corrected chi connectivity index (χ3v) is 7.57. The molecule has 35 heavy (non-hydrogen) atoms. The minimum Gasteiger partial charge on any atom is -0.507 e. The van der Waals surface area contributed by atoms with Crippen molar-refractivity contribution >= 4 is 65.8 Å². The van der Waals surface area contributed by atoms with Crippen LogP contribution in [0.5, 0.6) is 0 Å². The molecular weight excluding hydrogens is 526 g/mol. The van der Waals surface area contributed by atoms with Gasteiger partial charge in [0.1, 0.15) is 5.76 Å². The number of Topliss-reactive ketones (excluding diaryl/α,β-unsaturated/α-hetero) is 1. The number of rotatable bonds is 4. The van der Waals surface area contributed by atoms with Crippen molar-refractivity contribution < 1.29 is 14.7 Å². The first kappa shape index (κ1) is 23.3. The minimum atomic E-state index is -0.809. The number of aryl methyl sites for hydroxylation is 1. The number of amides is 1. The topological polar surface area (TPSA) is 73.7 Å². The lowest BCUT2D eigenvalue weighted by atomic mass is 9.95. The lowest BCUT2D eigenvalue weighted by Gasteiger charge is -2.23. The number of hydrogen-bond acceptors (Lipinski definition) is 6. The highest BCUT2D eigenvalue weighted by Gasteiger charge is 2.48. The molecule has 0 bridgehead atoms. The van der Waals surface area contributed by atoms with Crippen LogP contribution in [-0.2, 0) is 9.59 Å². The van der Waals surface area contributed by atoms with Crippen molar-refractivity contribution in [3.05, 3.63) is 93.5 Å². The van der Waals surface area contributed by atoms with Crippen LogP contribution in [0.2, 0.25) is 0 Å². The fourth-order valence-corrected chi connectivity index (χ4v) is 5.54. The fourth-order valence-electron chi connectivity index (χ4n) is 4.19. The van der Waals surface area contributed by atoms with Crippen LogP contribution in [0.15, 0.2) is 76.8 Å². The Morgan fingerprint density at radius 3 is 2.37 bits per heavy atom. The van der Waals surface area contributed by atoms with Gasteiger partial charge in [0.15, 0.2) is 5.13 Å². The second-order valence-electron chi connectivity index (χ2n) is 8.63. The number of nitrogens with zero attached hydrogens (tertiary/aromatic N) is 3. The molecule has 1 amide bonds. The number of thiazole rings is 1. The minimum absolute atomic E-state index is 0.0466. The van der Waals surface area contributed by atoms with E-state index < -0.39 is 17.7 Å². The van der Waals surface area contributed by atoms with Crippen molar-refractivity contribution in [3.63, 3.8) is 0 Å². The molecule has 176 valence electrons. The summed E-state index contributed by atoms with van der Waals surface area (Å²) in [5.74, 6) is -1.65. The average molecular weight is 548 g/mol. The number of aromatic nitrogens is 1. The first-order chi connectivity index (χ1) is 16.7. The van der Waals surface area contributed by atoms with Crippen molar-refractivity contribution in [3.8, 4) is 0 Å².